The maximum Gasteiger partial charge on any atom is 0.250 e. The number of hydrogen-bond acceptors (Lipinski definition) is 10. The summed E-state index contributed by atoms with van der Waals surface area (Å²) < 4.78 is 28.6. The molecule has 0 radical (unpaired) electrons. The van der Waals surface area contributed by atoms with Gasteiger partial charge in [0.2, 0.25) is 20.3 Å². The molecule has 2 aromatic rings. The molecule has 0 atom stereocenters. The van der Waals surface area contributed by atoms with E-state index in [9.17, 15) is 8.42 Å². The van der Waals surface area contributed by atoms with E-state index in [-0.39, 0.29) is 5.13 Å². The van der Waals surface area contributed by atoms with E-state index in [2.05, 4.69) is 29.3 Å². The number of azo groups is 1. The number of nitrogens with zero attached hydrogens (tertiary/aromatic N) is 5. The Balaban J connectivity index is 2.17. The van der Waals surface area contributed by atoms with Gasteiger partial charge in [0, 0.05) is 11.5 Å². The molecule has 2 heterocycles. The van der Waals surface area contributed by atoms with Crippen LogP contribution in [0.3, 0.4) is 0 Å². The Morgan fingerprint density at radius 1 is 1.30 bits per heavy atom. The number of nitrogens with one attached hydrogen (secondary N) is 1. The molecule has 20 heavy (non-hydrogen) atoms. The van der Waals surface area contributed by atoms with E-state index in [1.165, 1.54) is 11.8 Å². The Morgan fingerprint density at radius 2 is 2.05 bits per heavy atom. The summed E-state index contributed by atoms with van der Waals surface area (Å²) in [6.45, 7) is 1.73. The van der Waals surface area contributed by atoms with Crippen LogP contribution in [0.4, 0.5) is 15.3 Å². The van der Waals surface area contributed by atoms with Crippen LogP contribution < -0.4 is 4.72 Å². The minimum absolute atomic E-state index is 0.265. The topological polar surface area (TPSA) is 110 Å². The van der Waals surface area contributed by atoms with Crippen molar-refractivity contribution in [1.29, 1.82) is 0 Å². The van der Waals surface area contributed by atoms with Crippen LogP contribution in [0.2, 0.25) is 0 Å². The zero-order chi connectivity index (χ0) is 14.8. The van der Waals surface area contributed by atoms with E-state index in [1.807, 2.05) is 6.26 Å². The number of thiazole rings is 1. The van der Waals surface area contributed by atoms with Crippen LogP contribution in [0, 0.1) is 6.92 Å². The van der Waals surface area contributed by atoms with Gasteiger partial charge in [-0.05, 0) is 13.2 Å². The second kappa shape index (κ2) is 6.11. The minimum atomic E-state index is -3.35. The zero-order valence-corrected chi connectivity index (χ0v) is 14.0. The van der Waals surface area contributed by atoms with Crippen LogP contribution in [0.15, 0.2) is 15.4 Å². The molecule has 12 heteroatoms. The lowest BCUT2D eigenvalue weighted by atomic mass is 10.5. The molecule has 0 unspecified atom stereocenters. The lowest BCUT2D eigenvalue weighted by Gasteiger charge is -1.95. The summed E-state index contributed by atoms with van der Waals surface area (Å²) in [5.74, 6) is 0. The number of aromatic nitrogens is 3. The Bertz CT molecular complexity index is 734. The largest absolute Gasteiger partial charge is 0.259 e. The maximum atomic E-state index is 11.1. The molecule has 108 valence electrons. The fourth-order valence-electron chi connectivity index (χ4n) is 1.10. The first-order valence-corrected chi connectivity index (χ1v) is 9.82. The third kappa shape index (κ3) is 4.19. The Morgan fingerprint density at radius 3 is 2.65 bits per heavy atom. The van der Waals surface area contributed by atoms with Crippen LogP contribution >= 0.6 is 34.6 Å². The smallest absolute Gasteiger partial charge is 0.250 e. The minimum Gasteiger partial charge on any atom is -0.259 e. The molecule has 0 aliphatic carbocycles. The molecular weight excluding hydrogens is 340 g/mol. The first-order valence-electron chi connectivity index (χ1n) is 5.12. The summed E-state index contributed by atoms with van der Waals surface area (Å²) in [7, 11) is -3.35. The van der Waals surface area contributed by atoms with E-state index in [0.29, 0.717) is 21.0 Å². The van der Waals surface area contributed by atoms with Crippen molar-refractivity contribution in [2.45, 2.75) is 12.1 Å². The summed E-state index contributed by atoms with van der Waals surface area (Å²) in [6, 6.07) is 0. The molecule has 0 bridgehead atoms. The molecule has 0 aliphatic heterocycles. The van der Waals surface area contributed by atoms with Crippen molar-refractivity contribution in [1.82, 2.24) is 14.3 Å². The van der Waals surface area contributed by atoms with Crippen molar-refractivity contribution >= 4 is 59.9 Å². The molecular formula is C8H10N6O2S4. The predicted octanol–water partition coefficient (Wildman–Crippen LogP) is 2.81. The number of thioether (sulfide) groups is 1. The normalized spacial score (nSPS) is 12.2. The summed E-state index contributed by atoms with van der Waals surface area (Å²) in [5, 5.41) is 9.86. The first-order chi connectivity index (χ1) is 9.37. The average Bonchev–Trinajstić information content (AvgIpc) is 2.91. The number of sulfonamides is 1. The standard InChI is InChI=1S/C8H10N6O2S4/c1-4-5(18-8(9-4)14-20(3,15)16)11-12-6-10-7(17-2)13-19-6/h1-3H3,(H,9,14)/b12-11+. The molecule has 0 spiro atoms. The molecule has 1 N–H and O–H groups in total. The highest BCUT2D eigenvalue weighted by atomic mass is 32.2. The Labute approximate surface area is 128 Å². The van der Waals surface area contributed by atoms with Crippen molar-refractivity contribution in [3.63, 3.8) is 0 Å². The maximum absolute atomic E-state index is 11.1. The van der Waals surface area contributed by atoms with Gasteiger partial charge in [-0.25, -0.2) is 13.4 Å². The van der Waals surface area contributed by atoms with Crippen LogP contribution in [-0.4, -0.2) is 35.3 Å². The van der Waals surface area contributed by atoms with Crippen molar-refractivity contribution in [2.24, 2.45) is 10.2 Å². The average molecular weight is 350 g/mol. The van der Waals surface area contributed by atoms with Crippen molar-refractivity contribution < 1.29 is 8.42 Å². The lowest BCUT2D eigenvalue weighted by Crippen LogP contribution is -2.08. The van der Waals surface area contributed by atoms with Crippen LogP contribution in [-0.2, 0) is 10.0 Å². The molecule has 0 saturated carbocycles. The second-order valence-electron chi connectivity index (χ2n) is 3.55. The predicted molar refractivity (Wildman–Crippen MR) is 81.2 cm³/mol. The third-order valence-electron chi connectivity index (χ3n) is 1.85. The highest BCUT2D eigenvalue weighted by Gasteiger charge is 2.11. The summed E-state index contributed by atoms with van der Waals surface area (Å²) in [6.07, 6.45) is 2.94. The molecule has 0 amide bonds. The molecule has 8 nitrogen and oxygen atoms in total. The summed E-state index contributed by atoms with van der Waals surface area (Å²) in [4.78, 5) is 8.19. The van der Waals surface area contributed by atoms with E-state index in [4.69, 9.17) is 0 Å². The van der Waals surface area contributed by atoms with Gasteiger partial charge in [0.05, 0.1) is 11.9 Å². The first kappa shape index (κ1) is 15.3. The Kier molecular flexibility index (Phi) is 4.67. The van der Waals surface area contributed by atoms with Gasteiger partial charge in [0.15, 0.2) is 10.1 Å². The van der Waals surface area contributed by atoms with Gasteiger partial charge in [-0.15, -0.1) is 10.2 Å². The monoisotopic (exact) mass is 350 g/mol. The third-order valence-corrected chi connectivity index (χ3v) is 4.76. The quantitative estimate of drug-likeness (QED) is 0.656. The van der Waals surface area contributed by atoms with Gasteiger partial charge in [0.25, 0.3) is 0 Å². The van der Waals surface area contributed by atoms with Crippen molar-refractivity contribution in [3.8, 4) is 0 Å². The summed E-state index contributed by atoms with van der Waals surface area (Å²) in [5.41, 5.74) is 0.597. The highest BCUT2D eigenvalue weighted by Crippen LogP contribution is 2.32. The molecule has 0 saturated heterocycles. The van der Waals surface area contributed by atoms with Gasteiger partial charge in [-0.1, -0.05) is 23.1 Å². The van der Waals surface area contributed by atoms with Gasteiger partial charge >= 0.3 is 0 Å². The van der Waals surface area contributed by atoms with E-state index < -0.39 is 10.0 Å². The van der Waals surface area contributed by atoms with Crippen LogP contribution in [0.25, 0.3) is 0 Å². The van der Waals surface area contributed by atoms with E-state index >= 15 is 0 Å². The van der Waals surface area contributed by atoms with E-state index in [1.54, 1.807) is 6.92 Å². The van der Waals surface area contributed by atoms with Gasteiger partial charge in [-0.2, -0.15) is 9.36 Å². The lowest BCUT2D eigenvalue weighted by molar-refractivity contribution is 0.607. The molecule has 2 aromatic heterocycles. The van der Waals surface area contributed by atoms with E-state index in [0.717, 1.165) is 29.1 Å². The zero-order valence-electron chi connectivity index (χ0n) is 10.7. The SMILES string of the molecule is CSc1nsc(/N=N/c2sc(NS(C)(=O)=O)nc2C)n1. The molecule has 0 aromatic carbocycles. The van der Waals surface area contributed by atoms with Gasteiger partial charge in [0.1, 0.15) is 0 Å². The fraction of sp³-hybridized carbons (Fsp3) is 0.375. The van der Waals surface area contributed by atoms with Crippen LogP contribution in [0.5, 0.6) is 0 Å². The second-order valence-corrected chi connectivity index (χ2v) is 7.78. The highest BCUT2D eigenvalue weighted by molar-refractivity contribution is 7.98. The number of aryl methyl sites for hydroxylation is 1. The van der Waals surface area contributed by atoms with Gasteiger partial charge < -0.3 is 0 Å². The Hall–Kier alpha value is -1.11. The molecule has 0 aliphatic rings. The number of rotatable bonds is 5. The molecule has 0 fully saturated rings. The van der Waals surface area contributed by atoms with Crippen molar-refractivity contribution in [3.05, 3.63) is 5.69 Å². The summed E-state index contributed by atoms with van der Waals surface area (Å²) >= 11 is 3.68. The molecule has 2 rings (SSSR count). The number of anilines is 1. The van der Waals surface area contributed by atoms with Crippen molar-refractivity contribution in [2.75, 3.05) is 17.2 Å². The number of hydrogen-bond donors (Lipinski definition) is 1. The van der Waals surface area contributed by atoms with Crippen LogP contribution in [0.1, 0.15) is 5.69 Å². The fourth-order valence-corrected chi connectivity index (χ4v) is 3.77. The van der Waals surface area contributed by atoms with Gasteiger partial charge in [-0.3, -0.25) is 4.72 Å².